The van der Waals surface area contributed by atoms with Crippen LogP contribution in [0.2, 0.25) is 0 Å². The molecule has 2 aromatic rings. The van der Waals surface area contributed by atoms with Crippen LogP contribution in [0.5, 0.6) is 0 Å². The van der Waals surface area contributed by atoms with Gasteiger partial charge in [-0.3, -0.25) is 5.10 Å². The molecule has 1 aliphatic rings. The van der Waals surface area contributed by atoms with Crippen LogP contribution in [-0.4, -0.2) is 15.2 Å². The molecule has 1 N–H and O–H groups in total. The standard InChI is InChI=1S/C16H21N3/c1-16(2,13-10-4-3-5-11-13)15-17-14(18-19-15)12-8-6-7-9-12/h3-5,10-12H,6-9H2,1-2H3,(H,17,18,19). The minimum absolute atomic E-state index is 0.144. The van der Waals surface area contributed by atoms with Crippen molar-refractivity contribution >= 4 is 0 Å². The van der Waals surface area contributed by atoms with E-state index in [1.807, 2.05) is 6.07 Å². The van der Waals surface area contributed by atoms with E-state index in [1.54, 1.807) is 0 Å². The quantitative estimate of drug-likeness (QED) is 0.906. The molecule has 0 amide bonds. The summed E-state index contributed by atoms with van der Waals surface area (Å²) in [5.74, 6) is 2.57. The zero-order valence-corrected chi connectivity index (χ0v) is 11.7. The van der Waals surface area contributed by atoms with E-state index in [-0.39, 0.29) is 5.41 Å². The van der Waals surface area contributed by atoms with Crippen molar-refractivity contribution in [1.29, 1.82) is 0 Å². The van der Waals surface area contributed by atoms with Gasteiger partial charge < -0.3 is 0 Å². The van der Waals surface area contributed by atoms with Crippen LogP contribution >= 0.6 is 0 Å². The highest BCUT2D eigenvalue weighted by atomic mass is 15.2. The van der Waals surface area contributed by atoms with Crippen LogP contribution in [0.4, 0.5) is 0 Å². The van der Waals surface area contributed by atoms with E-state index in [9.17, 15) is 0 Å². The minimum Gasteiger partial charge on any atom is -0.263 e. The first-order valence-electron chi connectivity index (χ1n) is 7.16. The summed E-state index contributed by atoms with van der Waals surface area (Å²) in [7, 11) is 0. The Morgan fingerprint density at radius 1 is 1.11 bits per heavy atom. The van der Waals surface area contributed by atoms with Crippen LogP contribution in [0.3, 0.4) is 0 Å². The lowest BCUT2D eigenvalue weighted by molar-refractivity contribution is 0.591. The predicted octanol–water partition coefficient (Wildman–Crippen LogP) is 3.79. The molecule has 1 aliphatic carbocycles. The number of hydrogen-bond donors (Lipinski definition) is 1. The lowest BCUT2D eigenvalue weighted by Crippen LogP contribution is -2.20. The van der Waals surface area contributed by atoms with Gasteiger partial charge in [0.25, 0.3) is 0 Å². The maximum absolute atomic E-state index is 4.77. The molecule has 3 heteroatoms. The van der Waals surface area contributed by atoms with Gasteiger partial charge in [-0.25, -0.2) is 4.98 Å². The topological polar surface area (TPSA) is 41.6 Å². The van der Waals surface area contributed by atoms with Crippen LogP contribution in [-0.2, 0) is 5.41 Å². The van der Waals surface area contributed by atoms with E-state index in [0.717, 1.165) is 11.6 Å². The average molecular weight is 255 g/mol. The van der Waals surface area contributed by atoms with Gasteiger partial charge >= 0.3 is 0 Å². The Labute approximate surface area is 114 Å². The van der Waals surface area contributed by atoms with Gasteiger partial charge in [-0.15, -0.1) is 0 Å². The summed E-state index contributed by atoms with van der Waals surface area (Å²) in [5.41, 5.74) is 1.11. The molecule has 0 radical (unpaired) electrons. The fourth-order valence-corrected chi connectivity index (χ4v) is 2.92. The molecule has 0 bridgehead atoms. The number of benzene rings is 1. The molecule has 19 heavy (non-hydrogen) atoms. The Morgan fingerprint density at radius 3 is 2.47 bits per heavy atom. The number of aromatic amines is 1. The highest BCUT2D eigenvalue weighted by Crippen LogP contribution is 2.34. The molecule has 3 rings (SSSR count). The first-order valence-corrected chi connectivity index (χ1v) is 7.16. The normalized spacial score (nSPS) is 16.9. The van der Waals surface area contributed by atoms with Crippen molar-refractivity contribution in [2.24, 2.45) is 0 Å². The first-order chi connectivity index (χ1) is 9.18. The van der Waals surface area contributed by atoms with Crippen LogP contribution in [0.1, 0.15) is 62.7 Å². The third-order valence-electron chi connectivity index (χ3n) is 4.30. The van der Waals surface area contributed by atoms with E-state index in [4.69, 9.17) is 4.98 Å². The zero-order valence-electron chi connectivity index (χ0n) is 11.7. The second-order valence-corrected chi connectivity index (χ2v) is 6.02. The average Bonchev–Trinajstić information content (AvgIpc) is 3.10. The van der Waals surface area contributed by atoms with Crippen molar-refractivity contribution < 1.29 is 0 Å². The Balaban J connectivity index is 1.89. The van der Waals surface area contributed by atoms with Gasteiger partial charge in [-0.2, -0.15) is 5.10 Å². The smallest absolute Gasteiger partial charge is 0.160 e. The summed E-state index contributed by atoms with van der Waals surface area (Å²) in [6.07, 6.45) is 5.15. The van der Waals surface area contributed by atoms with Crippen LogP contribution in [0.15, 0.2) is 30.3 Å². The van der Waals surface area contributed by atoms with Crippen molar-refractivity contribution in [3.8, 4) is 0 Å². The number of aromatic nitrogens is 3. The summed E-state index contributed by atoms with van der Waals surface area (Å²) < 4.78 is 0. The molecule has 1 heterocycles. The number of nitrogens with zero attached hydrogens (tertiary/aromatic N) is 2. The van der Waals surface area contributed by atoms with Crippen molar-refractivity contribution in [3.63, 3.8) is 0 Å². The molecule has 1 saturated carbocycles. The van der Waals surface area contributed by atoms with Gasteiger partial charge in [-0.1, -0.05) is 43.2 Å². The summed E-state index contributed by atoms with van der Waals surface area (Å²) >= 11 is 0. The van der Waals surface area contributed by atoms with Crippen molar-refractivity contribution in [2.45, 2.75) is 50.9 Å². The second-order valence-electron chi connectivity index (χ2n) is 6.02. The lowest BCUT2D eigenvalue weighted by atomic mass is 9.84. The van der Waals surface area contributed by atoms with E-state index in [0.29, 0.717) is 5.92 Å². The number of nitrogens with one attached hydrogen (secondary N) is 1. The van der Waals surface area contributed by atoms with Crippen molar-refractivity contribution in [1.82, 2.24) is 15.2 Å². The fraction of sp³-hybridized carbons (Fsp3) is 0.500. The lowest BCUT2D eigenvalue weighted by Gasteiger charge is -2.21. The first kappa shape index (κ1) is 12.4. The summed E-state index contributed by atoms with van der Waals surface area (Å²) in [6, 6.07) is 10.5. The third kappa shape index (κ3) is 2.29. The predicted molar refractivity (Wildman–Crippen MR) is 76.2 cm³/mol. The molecular formula is C16H21N3. The van der Waals surface area contributed by atoms with Gasteiger partial charge in [0.15, 0.2) is 5.82 Å². The summed E-state index contributed by atoms with van der Waals surface area (Å²) in [5, 5.41) is 7.64. The molecule has 0 saturated heterocycles. The Bertz CT molecular complexity index is 536. The van der Waals surface area contributed by atoms with Gasteiger partial charge in [0.05, 0.1) is 5.41 Å². The SMILES string of the molecule is CC(C)(c1ccccc1)c1n[nH]c(C2CCCC2)n1. The van der Waals surface area contributed by atoms with Gasteiger partial charge in [0, 0.05) is 5.92 Å². The van der Waals surface area contributed by atoms with Crippen LogP contribution < -0.4 is 0 Å². The van der Waals surface area contributed by atoms with Gasteiger partial charge in [0.2, 0.25) is 0 Å². The van der Waals surface area contributed by atoms with E-state index < -0.39 is 0 Å². The zero-order chi connectivity index (χ0) is 13.3. The summed E-state index contributed by atoms with van der Waals surface area (Å²) in [6.45, 7) is 4.37. The van der Waals surface area contributed by atoms with Crippen molar-refractivity contribution in [3.05, 3.63) is 47.5 Å². The second kappa shape index (κ2) is 4.80. The Hall–Kier alpha value is -1.64. The molecule has 1 aromatic heterocycles. The summed E-state index contributed by atoms with van der Waals surface area (Å²) in [4.78, 5) is 4.77. The molecule has 0 atom stereocenters. The maximum atomic E-state index is 4.77. The number of hydrogen-bond acceptors (Lipinski definition) is 2. The monoisotopic (exact) mass is 255 g/mol. The van der Waals surface area contributed by atoms with Gasteiger partial charge in [-0.05, 0) is 32.3 Å². The largest absolute Gasteiger partial charge is 0.263 e. The molecular weight excluding hydrogens is 234 g/mol. The number of rotatable bonds is 3. The third-order valence-corrected chi connectivity index (χ3v) is 4.30. The van der Waals surface area contributed by atoms with Crippen LogP contribution in [0, 0.1) is 0 Å². The molecule has 0 unspecified atom stereocenters. The maximum Gasteiger partial charge on any atom is 0.160 e. The van der Waals surface area contributed by atoms with E-state index in [1.165, 1.54) is 31.2 Å². The Morgan fingerprint density at radius 2 is 1.79 bits per heavy atom. The molecule has 100 valence electrons. The molecule has 0 aliphatic heterocycles. The van der Waals surface area contributed by atoms with E-state index in [2.05, 4.69) is 48.3 Å². The van der Waals surface area contributed by atoms with Crippen molar-refractivity contribution in [2.75, 3.05) is 0 Å². The van der Waals surface area contributed by atoms with Gasteiger partial charge in [0.1, 0.15) is 5.82 Å². The molecule has 1 aromatic carbocycles. The number of H-pyrrole nitrogens is 1. The highest BCUT2D eigenvalue weighted by Gasteiger charge is 2.29. The molecule has 3 nitrogen and oxygen atoms in total. The van der Waals surface area contributed by atoms with Crippen LogP contribution in [0.25, 0.3) is 0 Å². The molecule has 1 fully saturated rings. The highest BCUT2D eigenvalue weighted by molar-refractivity contribution is 5.30. The van der Waals surface area contributed by atoms with E-state index >= 15 is 0 Å². The fourth-order valence-electron chi connectivity index (χ4n) is 2.92. The Kier molecular flexibility index (Phi) is 3.13. The molecule has 0 spiro atoms. The minimum atomic E-state index is -0.144.